The van der Waals surface area contributed by atoms with Crippen LogP contribution in [0.4, 0.5) is 0 Å². The van der Waals surface area contributed by atoms with Crippen LogP contribution in [0.15, 0.2) is 11.1 Å². The summed E-state index contributed by atoms with van der Waals surface area (Å²) in [5.41, 5.74) is 1.62. The van der Waals surface area contributed by atoms with Crippen molar-refractivity contribution in [1.29, 1.82) is 0 Å². The molecule has 0 saturated heterocycles. The summed E-state index contributed by atoms with van der Waals surface area (Å²) >= 11 is 0. The second-order valence-corrected chi connectivity index (χ2v) is 9.42. The predicted molar refractivity (Wildman–Crippen MR) is 89.8 cm³/mol. The first-order valence-electron chi connectivity index (χ1n) is 9.50. The molecule has 4 heteroatoms. The van der Waals surface area contributed by atoms with Gasteiger partial charge in [0.2, 0.25) is 6.29 Å². The van der Waals surface area contributed by atoms with Crippen molar-refractivity contribution < 1.29 is 19.7 Å². The summed E-state index contributed by atoms with van der Waals surface area (Å²) in [4.78, 5) is 12.1. The lowest BCUT2D eigenvalue weighted by molar-refractivity contribution is -0.158. The lowest BCUT2D eigenvalue weighted by Crippen LogP contribution is -2.58. The van der Waals surface area contributed by atoms with E-state index in [1.807, 2.05) is 0 Å². The largest absolute Gasteiger partial charge is 0.428 e. The van der Waals surface area contributed by atoms with Crippen LogP contribution in [0.2, 0.25) is 0 Å². The van der Waals surface area contributed by atoms with Crippen LogP contribution in [0.5, 0.6) is 0 Å². The minimum atomic E-state index is -1.05. The van der Waals surface area contributed by atoms with Crippen LogP contribution in [-0.2, 0) is 9.53 Å². The summed E-state index contributed by atoms with van der Waals surface area (Å²) in [6.45, 7) is 7.16. The van der Waals surface area contributed by atoms with E-state index in [2.05, 4.69) is 20.8 Å². The van der Waals surface area contributed by atoms with Gasteiger partial charge >= 0.3 is 5.97 Å². The van der Waals surface area contributed by atoms with E-state index >= 15 is 0 Å². The van der Waals surface area contributed by atoms with Crippen molar-refractivity contribution in [1.82, 2.24) is 0 Å². The summed E-state index contributed by atoms with van der Waals surface area (Å²) in [6.07, 6.45) is 6.13. The van der Waals surface area contributed by atoms with Gasteiger partial charge in [0.15, 0.2) is 0 Å². The number of ether oxygens (including phenoxy) is 1. The molecule has 6 atom stereocenters. The van der Waals surface area contributed by atoms with Crippen LogP contribution in [0, 0.1) is 28.1 Å². The number of carbonyl (C=O) groups excluding carboxylic acids is 1. The SMILES string of the molecule is C[C@]1(CO)CCC[C@@]2(C)C1CC[C@@]1(C)C3=C(CC[C@@H]12)C(=O)OC3O. The first kappa shape index (κ1) is 16.6. The van der Waals surface area contributed by atoms with Gasteiger partial charge in [-0.1, -0.05) is 27.2 Å². The molecule has 134 valence electrons. The molecule has 24 heavy (non-hydrogen) atoms. The van der Waals surface area contributed by atoms with E-state index in [4.69, 9.17) is 4.74 Å². The maximum absolute atomic E-state index is 12.1. The van der Waals surface area contributed by atoms with E-state index in [0.29, 0.717) is 11.8 Å². The summed E-state index contributed by atoms with van der Waals surface area (Å²) in [5, 5.41) is 20.5. The van der Waals surface area contributed by atoms with Crippen LogP contribution in [0.1, 0.15) is 65.7 Å². The molecule has 2 N–H and O–H groups in total. The average Bonchev–Trinajstić information content (AvgIpc) is 2.82. The highest BCUT2D eigenvalue weighted by atomic mass is 16.6. The third kappa shape index (κ3) is 1.90. The zero-order chi connectivity index (χ0) is 17.3. The van der Waals surface area contributed by atoms with Gasteiger partial charge in [-0.2, -0.15) is 0 Å². The number of carbonyl (C=O) groups is 1. The van der Waals surface area contributed by atoms with Gasteiger partial charge in [0.25, 0.3) is 0 Å². The lowest BCUT2D eigenvalue weighted by Gasteiger charge is -2.64. The first-order valence-corrected chi connectivity index (χ1v) is 9.50. The zero-order valence-electron chi connectivity index (χ0n) is 15.1. The fraction of sp³-hybridized carbons (Fsp3) is 0.850. The second-order valence-electron chi connectivity index (χ2n) is 9.42. The Balaban J connectivity index is 1.78. The van der Waals surface area contributed by atoms with Crippen molar-refractivity contribution in [3.8, 4) is 0 Å². The maximum Gasteiger partial charge on any atom is 0.336 e. The third-order valence-electron chi connectivity index (χ3n) is 8.31. The number of esters is 1. The summed E-state index contributed by atoms with van der Waals surface area (Å²) in [6, 6.07) is 0. The van der Waals surface area contributed by atoms with Crippen LogP contribution in [0.25, 0.3) is 0 Å². The molecule has 2 fully saturated rings. The molecule has 4 rings (SSSR count). The van der Waals surface area contributed by atoms with Gasteiger partial charge in [-0.25, -0.2) is 4.79 Å². The summed E-state index contributed by atoms with van der Waals surface area (Å²) in [7, 11) is 0. The molecule has 0 aromatic heterocycles. The van der Waals surface area contributed by atoms with Crippen LogP contribution < -0.4 is 0 Å². The van der Waals surface area contributed by atoms with E-state index < -0.39 is 6.29 Å². The molecule has 3 aliphatic carbocycles. The quantitative estimate of drug-likeness (QED) is 0.723. The molecule has 2 saturated carbocycles. The van der Waals surface area contributed by atoms with Crippen molar-refractivity contribution in [3.05, 3.63) is 11.1 Å². The van der Waals surface area contributed by atoms with Crippen molar-refractivity contribution in [2.75, 3.05) is 6.61 Å². The van der Waals surface area contributed by atoms with E-state index in [0.717, 1.165) is 49.7 Å². The minimum absolute atomic E-state index is 0.00357. The molecular weight excluding hydrogens is 304 g/mol. The Hall–Kier alpha value is -0.870. The summed E-state index contributed by atoms with van der Waals surface area (Å²) in [5.74, 6) is 0.644. The van der Waals surface area contributed by atoms with Crippen molar-refractivity contribution in [2.45, 2.75) is 72.0 Å². The normalized spacial score (nSPS) is 50.9. The van der Waals surface area contributed by atoms with Crippen molar-refractivity contribution in [2.24, 2.45) is 28.1 Å². The highest BCUT2D eigenvalue weighted by Gasteiger charge is 2.63. The molecule has 4 aliphatic rings. The lowest BCUT2D eigenvalue weighted by atomic mass is 9.40. The fourth-order valence-electron chi connectivity index (χ4n) is 7.26. The Labute approximate surface area is 144 Å². The monoisotopic (exact) mass is 334 g/mol. The average molecular weight is 334 g/mol. The van der Waals surface area contributed by atoms with E-state index in [-0.39, 0.29) is 28.8 Å². The highest BCUT2D eigenvalue weighted by molar-refractivity contribution is 5.92. The van der Waals surface area contributed by atoms with E-state index in [1.54, 1.807) is 0 Å². The topological polar surface area (TPSA) is 66.8 Å². The number of hydrogen-bond donors (Lipinski definition) is 2. The molecule has 1 heterocycles. The molecule has 4 nitrogen and oxygen atoms in total. The minimum Gasteiger partial charge on any atom is -0.428 e. The molecule has 2 unspecified atom stereocenters. The van der Waals surface area contributed by atoms with Crippen LogP contribution in [-0.4, -0.2) is 29.1 Å². The standard InChI is InChI=1S/C20H30O4/c1-18(11-21)8-4-9-19(2)13(18)7-10-20(3)14(19)6-5-12-15(20)17(23)24-16(12)22/h13-14,17,21,23H,4-11H2,1-3H3/t13?,14-,17?,18-,19+,20-/m1/s1. The fourth-order valence-corrected chi connectivity index (χ4v) is 7.26. The van der Waals surface area contributed by atoms with E-state index in [1.165, 1.54) is 6.42 Å². The Kier molecular flexibility index (Phi) is 3.51. The van der Waals surface area contributed by atoms with Gasteiger partial charge in [0, 0.05) is 17.8 Å². The molecular formula is C20H30O4. The molecule has 0 aromatic rings. The highest BCUT2D eigenvalue weighted by Crippen LogP contribution is 2.69. The summed E-state index contributed by atoms with van der Waals surface area (Å²) < 4.78 is 5.16. The molecule has 0 radical (unpaired) electrons. The number of cyclic esters (lactones) is 1. The van der Waals surface area contributed by atoms with Crippen LogP contribution >= 0.6 is 0 Å². The number of hydrogen-bond acceptors (Lipinski definition) is 4. The number of fused-ring (bicyclic) bond motifs is 4. The van der Waals surface area contributed by atoms with Crippen LogP contribution in [0.3, 0.4) is 0 Å². The molecule has 1 aliphatic heterocycles. The Morgan fingerprint density at radius 2 is 1.88 bits per heavy atom. The second kappa shape index (κ2) is 5.07. The Morgan fingerprint density at radius 1 is 1.12 bits per heavy atom. The van der Waals surface area contributed by atoms with Gasteiger partial charge in [-0.05, 0) is 66.6 Å². The first-order chi connectivity index (χ1) is 11.3. The molecule has 0 aromatic carbocycles. The number of aliphatic hydroxyl groups is 2. The smallest absolute Gasteiger partial charge is 0.336 e. The van der Waals surface area contributed by atoms with Crippen molar-refractivity contribution >= 4 is 5.97 Å². The Morgan fingerprint density at radius 3 is 2.58 bits per heavy atom. The number of rotatable bonds is 1. The van der Waals surface area contributed by atoms with Gasteiger partial charge < -0.3 is 14.9 Å². The third-order valence-corrected chi connectivity index (χ3v) is 8.31. The maximum atomic E-state index is 12.1. The molecule has 0 amide bonds. The predicted octanol–water partition coefficient (Wildman–Crippen LogP) is 3.17. The molecule has 0 spiro atoms. The van der Waals surface area contributed by atoms with Gasteiger partial charge in [0.1, 0.15) is 0 Å². The molecule has 0 bridgehead atoms. The van der Waals surface area contributed by atoms with Gasteiger partial charge in [0.05, 0.1) is 0 Å². The zero-order valence-corrected chi connectivity index (χ0v) is 15.1. The van der Waals surface area contributed by atoms with Gasteiger partial charge in [-0.15, -0.1) is 0 Å². The van der Waals surface area contributed by atoms with Gasteiger partial charge in [-0.3, -0.25) is 0 Å². The number of aliphatic hydroxyl groups excluding tert-OH is 2. The van der Waals surface area contributed by atoms with Crippen molar-refractivity contribution in [3.63, 3.8) is 0 Å². The van der Waals surface area contributed by atoms with E-state index in [9.17, 15) is 15.0 Å². The Bertz CT molecular complexity index is 611.